The van der Waals surface area contributed by atoms with Crippen LogP contribution in [0, 0.1) is 5.92 Å². The molecule has 0 spiro atoms. The first-order valence-corrected chi connectivity index (χ1v) is 8.44. The van der Waals surface area contributed by atoms with Gasteiger partial charge in [0.25, 0.3) is 5.88 Å². The summed E-state index contributed by atoms with van der Waals surface area (Å²) in [4.78, 5) is 11.2. The molecule has 2 aliphatic heterocycles. The molecule has 2 fully saturated rings. The van der Waals surface area contributed by atoms with Crippen LogP contribution >= 0.6 is 0 Å². The smallest absolute Gasteiger partial charge is 0.261 e. The molecule has 0 aromatic carbocycles. The molecule has 0 amide bonds. The lowest BCUT2D eigenvalue weighted by atomic mass is 10.1. The molecule has 7 nitrogen and oxygen atoms in total. The highest BCUT2D eigenvalue weighted by Gasteiger charge is 2.21. The lowest BCUT2D eigenvalue weighted by molar-refractivity contribution is 0.235. The van der Waals surface area contributed by atoms with Gasteiger partial charge in [0.1, 0.15) is 0 Å². The standard InChI is InChI=1S/C16H27N5O2/c1-21-8-5-12(10-21)11-23-14-9-18-16(20-15(14)22-2)19-13-3-6-17-7-4-13/h9,12-13,17H,3-8,10-11H2,1-2H3,(H,18,19,20). The predicted octanol–water partition coefficient (Wildman–Crippen LogP) is 0.980. The van der Waals surface area contributed by atoms with Crippen LogP contribution in [-0.2, 0) is 0 Å². The van der Waals surface area contributed by atoms with Gasteiger partial charge in [0.15, 0.2) is 5.75 Å². The van der Waals surface area contributed by atoms with Crippen molar-refractivity contribution in [1.82, 2.24) is 20.2 Å². The summed E-state index contributed by atoms with van der Waals surface area (Å²) in [6.45, 7) is 4.97. The van der Waals surface area contributed by atoms with Gasteiger partial charge >= 0.3 is 0 Å². The molecular weight excluding hydrogens is 294 g/mol. The summed E-state index contributed by atoms with van der Waals surface area (Å²) < 4.78 is 11.3. The van der Waals surface area contributed by atoms with Crippen LogP contribution in [0.25, 0.3) is 0 Å². The molecule has 1 aromatic heterocycles. The fraction of sp³-hybridized carbons (Fsp3) is 0.750. The number of hydrogen-bond donors (Lipinski definition) is 2. The second kappa shape index (κ2) is 7.79. The first-order chi connectivity index (χ1) is 11.2. The Kier molecular flexibility index (Phi) is 5.51. The summed E-state index contributed by atoms with van der Waals surface area (Å²) in [5.74, 6) is 2.31. The maximum atomic E-state index is 5.89. The van der Waals surface area contributed by atoms with Crippen LogP contribution in [0.2, 0.25) is 0 Å². The van der Waals surface area contributed by atoms with Crippen LogP contribution in [0.3, 0.4) is 0 Å². The third-order valence-corrected chi connectivity index (χ3v) is 4.55. The molecule has 0 saturated carbocycles. The largest absolute Gasteiger partial charge is 0.486 e. The topological polar surface area (TPSA) is 71.5 Å². The summed E-state index contributed by atoms with van der Waals surface area (Å²) >= 11 is 0. The van der Waals surface area contributed by atoms with Crippen molar-refractivity contribution in [3.63, 3.8) is 0 Å². The van der Waals surface area contributed by atoms with E-state index in [2.05, 4.69) is 32.5 Å². The monoisotopic (exact) mass is 321 g/mol. The highest BCUT2D eigenvalue weighted by Crippen LogP contribution is 2.26. The molecule has 3 heterocycles. The van der Waals surface area contributed by atoms with Crippen LogP contribution in [0.4, 0.5) is 5.95 Å². The molecule has 7 heteroatoms. The second-order valence-electron chi connectivity index (χ2n) is 6.46. The van der Waals surface area contributed by atoms with Crippen LogP contribution < -0.4 is 20.1 Å². The zero-order valence-electron chi connectivity index (χ0n) is 14.0. The molecule has 128 valence electrons. The lowest BCUT2D eigenvalue weighted by Crippen LogP contribution is -2.35. The quantitative estimate of drug-likeness (QED) is 0.809. The lowest BCUT2D eigenvalue weighted by Gasteiger charge is -2.23. The van der Waals surface area contributed by atoms with Crippen molar-refractivity contribution in [3.05, 3.63) is 6.20 Å². The SMILES string of the molecule is COc1nc(NC2CCNCC2)ncc1OCC1CCN(C)C1. The third kappa shape index (κ3) is 4.45. The number of nitrogens with zero attached hydrogens (tertiary/aromatic N) is 3. The van der Waals surface area contributed by atoms with Gasteiger partial charge in [-0.05, 0) is 45.9 Å². The van der Waals surface area contributed by atoms with Gasteiger partial charge in [0, 0.05) is 18.5 Å². The summed E-state index contributed by atoms with van der Waals surface area (Å²) in [5.41, 5.74) is 0. The maximum absolute atomic E-state index is 5.89. The highest BCUT2D eigenvalue weighted by molar-refractivity contribution is 5.38. The van der Waals surface area contributed by atoms with E-state index in [1.165, 1.54) is 6.42 Å². The third-order valence-electron chi connectivity index (χ3n) is 4.55. The Balaban J connectivity index is 1.57. The Morgan fingerprint density at radius 3 is 2.87 bits per heavy atom. The second-order valence-corrected chi connectivity index (χ2v) is 6.46. The van der Waals surface area contributed by atoms with E-state index >= 15 is 0 Å². The van der Waals surface area contributed by atoms with Crippen molar-refractivity contribution in [1.29, 1.82) is 0 Å². The Bertz CT molecular complexity index is 507. The van der Waals surface area contributed by atoms with Crippen LogP contribution in [0.5, 0.6) is 11.6 Å². The number of likely N-dealkylation sites (tertiary alicyclic amines) is 1. The van der Waals surface area contributed by atoms with Crippen molar-refractivity contribution in [3.8, 4) is 11.6 Å². The molecule has 1 unspecified atom stereocenters. The average Bonchev–Trinajstić information content (AvgIpc) is 3.00. The zero-order valence-corrected chi connectivity index (χ0v) is 14.0. The van der Waals surface area contributed by atoms with Crippen LogP contribution in [-0.4, -0.2) is 67.9 Å². The molecule has 2 saturated heterocycles. The molecular formula is C16H27N5O2. The number of anilines is 1. The average molecular weight is 321 g/mol. The summed E-state index contributed by atoms with van der Waals surface area (Å²) in [6.07, 6.45) is 5.06. The van der Waals surface area contributed by atoms with Gasteiger partial charge in [0.2, 0.25) is 5.95 Å². The summed E-state index contributed by atoms with van der Waals surface area (Å²) in [6, 6.07) is 0.418. The molecule has 0 aliphatic carbocycles. The van der Waals surface area contributed by atoms with E-state index in [-0.39, 0.29) is 0 Å². The molecule has 0 bridgehead atoms. The van der Waals surface area contributed by atoms with Gasteiger partial charge in [0.05, 0.1) is 19.9 Å². The minimum atomic E-state index is 0.418. The molecule has 2 N–H and O–H groups in total. The van der Waals surface area contributed by atoms with E-state index in [4.69, 9.17) is 9.47 Å². The van der Waals surface area contributed by atoms with Crippen molar-refractivity contribution >= 4 is 5.95 Å². The number of rotatable bonds is 6. The summed E-state index contributed by atoms with van der Waals surface area (Å²) in [5, 5.41) is 6.73. The number of hydrogen-bond acceptors (Lipinski definition) is 7. The van der Waals surface area contributed by atoms with Gasteiger partial charge < -0.3 is 25.0 Å². The van der Waals surface area contributed by atoms with Crippen molar-refractivity contribution in [2.75, 3.05) is 52.3 Å². The Labute approximate surface area is 137 Å². The van der Waals surface area contributed by atoms with E-state index in [1.807, 2.05) is 0 Å². The van der Waals surface area contributed by atoms with Crippen molar-refractivity contribution in [2.45, 2.75) is 25.3 Å². The molecule has 1 aromatic rings. The normalized spacial score (nSPS) is 23.0. The first-order valence-electron chi connectivity index (χ1n) is 8.44. The van der Waals surface area contributed by atoms with E-state index in [0.29, 0.717) is 36.1 Å². The van der Waals surface area contributed by atoms with E-state index < -0.39 is 0 Å². The minimum Gasteiger partial charge on any atom is -0.486 e. The van der Waals surface area contributed by atoms with Gasteiger partial charge in [-0.15, -0.1) is 0 Å². The number of aromatic nitrogens is 2. The molecule has 3 rings (SSSR count). The van der Waals surface area contributed by atoms with Crippen LogP contribution in [0.1, 0.15) is 19.3 Å². The van der Waals surface area contributed by atoms with Gasteiger partial charge in [-0.2, -0.15) is 4.98 Å². The molecule has 1 atom stereocenters. The number of ether oxygens (including phenoxy) is 2. The summed E-state index contributed by atoms with van der Waals surface area (Å²) in [7, 11) is 3.76. The Hall–Kier alpha value is -1.60. The molecule has 23 heavy (non-hydrogen) atoms. The molecule has 2 aliphatic rings. The number of piperidine rings is 1. The van der Waals surface area contributed by atoms with Gasteiger partial charge in [-0.25, -0.2) is 4.98 Å². The maximum Gasteiger partial charge on any atom is 0.261 e. The van der Waals surface area contributed by atoms with Gasteiger partial charge in [-0.3, -0.25) is 0 Å². The Morgan fingerprint density at radius 2 is 2.17 bits per heavy atom. The van der Waals surface area contributed by atoms with Crippen LogP contribution in [0.15, 0.2) is 6.20 Å². The van der Waals surface area contributed by atoms with E-state index in [0.717, 1.165) is 39.0 Å². The predicted molar refractivity (Wildman–Crippen MR) is 89.2 cm³/mol. The zero-order chi connectivity index (χ0) is 16.1. The molecule has 0 radical (unpaired) electrons. The Morgan fingerprint density at radius 1 is 1.35 bits per heavy atom. The highest BCUT2D eigenvalue weighted by atomic mass is 16.5. The number of nitrogens with one attached hydrogen (secondary N) is 2. The van der Waals surface area contributed by atoms with E-state index in [1.54, 1.807) is 13.3 Å². The number of methoxy groups -OCH3 is 1. The fourth-order valence-corrected chi connectivity index (χ4v) is 3.19. The van der Waals surface area contributed by atoms with Gasteiger partial charge in [-0.1, -0.05) is 0 Å². The fourth-order valence-electron chi connectivity index (χ4n) is 3.19. The van der Waals surface area contributed by atoms with Crippen molar-refractivity contribution in [2.24, 2.45) is 5.92 Å². The van der Waals surface area contributed by atoms with Crippen molar-refractivity contribution < 1.29 is 9.47 Å². The first kappa shape index (κ1) is 16.3. The minimum absolute atomic E-state index is 0.418. The van der Waals surface area contributed by atoms with E-state index in [9.17, 15) is 0 Å².